The summed E-state index contributed by atoms with van der Waals surface area (Å²) in [5, 5.41) is 30.6. The molecule has 3 nitrogen and oxygen atoms in total. The lowest BCUT2D eigenvalue weighted by molar-refractivity contribution is -0.166. The summed E-state index contributed by atoms with van der Waals surface area (Å²) in [5.74, 6) is 0.548. The molecule has 0 aromatic carbocycles. The predicted octanol–water partition coefficient (Wildman–Crippen LogP) is 1.70. The fourth-order valence-electron chi connectivity index (χ4n) is 5.61. The number of hydrogen-bond acceptors (Lipinski definition) is 3. The third-order valence-corrected chi connectivity index (χ3v) is 6.54. The molecule has 3 saturated carbocycles. The molecule has 3 rings (SSSR count). The van der Waals surface area contributed by atoms with Crippen LogP contribution in [0.15, 0.2) is 0 Å². The molecular formula is C15H26O3. The highest BCUT2D eigenvalue weighted by molar-refractivity contribution is 5.14. The van der Waals surface area contributed by atoms with E-state index in [1.807, 2.05) is 0 Å². The Morgan fingerprint density at radius 1 is 1.06 bits per heavy atom. The highest BCUT2D eigenvalue weighted by Gasteiger charge is 2.65. The minimum Gasteiger partial charge on any atom is -0.396 e. The Morgan fingerprint density at radius 2 is 1.78 bits per heavy atom. The Balaban J connectivity index is 2.00. The third-order valence-electron chi connectivity index (χ3n) is 6.54. The summed E-state index contributed by atoms with van der Waals surface area (Å²) in [4.78, 5) is 0. The molecule has 2 bridgehead atoms. The van der Waals surface area contributed by atoms with Crippen LogP contribution >= 0.6 is 0 Å². The maximum absolute atomic E-state index is 10.6. The maximum Gasteiger partial charge on any atom is 0.0618 e. The summed E-state index contributed by atoms with van der Waals surface area (Å²) in [6.45, 7) is 4.61. The van der Waals surface area contributed by atoms with E-state index in [2.05, 4.69) is 13.8 Å². The topological polar surface area (TPSA) is 60.7 Å². The molecule has 0 aromatic rings. The van der Waals surface area contributed by atoms with Crippen molar-refractivity contribution in [3.05, 3.63) is 0 Å². The maximum atomic E-state index is 10.6. The lowest BCUT2D eigenvalue weighted by Crippen LogP contribution is -2.56. The van der Waals surface area contributed by atoms with Gasteiger partial charge in [-0.1, -0.05) is 13.8 Å². The fourth-order valence-corrected chi connectivity index (χ4v) is 5.61. The molecular weight excluding hydrogens is 228 g/mol. The van der Waals surface area contributed by atoms with E-state index in [4.69, 9.17) is 0 Å². The number of aliphatic hydroxyl groups excluding tert-OH is 3. The molecule has 18 heavy (non-hydrogen) atoms. The van der Waals surface area contributed by atoms with Gasteiger partial charge in [0.25, 0.3) is 0 Å². The van der Waals surface area contributed by atoms with Crippen molar-refractivity contribution in [2.75, 3.05) is 6.61 Å². The monoisotopic (exact) mass is 254 g/mol. The zero-order chi connectivity index (χ0) is 13.2. The summed E-state index contributed by atoms with van der Waals surface area (Å²) < 4.78 is 0. The van der Waals surface area contributed by atoms with Gasteiger partial charge >= 0.3 is 0 Å². The van der Waals surface area contributed by atoms with Gasteiger partial charge in [0.1, 0.15) is 0 Å². The van der Waals surface area contributed by atoms with Gasteiger partial charge in [-0.3, -0.25) is 0 Å². The summed E-state index contributed by atoms with van der Waals surface area (Å²) in [6.07, 6.45) is 4.66. The van der Waals surface area contributed by atoms with E-state index < -0.39 is 0 Å². The van der Waals surface area contributed by atoms with Crippen molar-refractivity contribution in [1.82, 2.24) is 0 Å². The van der Waals surface area contributed by atoms with Crippen molar-refractivity contribution in [1.29, 1.82) is 0 Å². The molecule has 104 valence electrons. The van der Waals surface area contributed by atoms with Gasteiger partial charge in [0.15, 0.2) is 0 Å². The minimum atomic E-state index is -0.384. The van der Waals surface area contributed by atoms with Crippen LogP contribution < -0.4 is 0 Å². The molecule has 0 aromatic heterocycles. The van der Waals surface area contributed by atoms with Gasteiger partial charge in [0, 0.05) is 10.8 Å². The number of rotatable bonds is 1. The Hall–Kier alpha value is -0.120. The van der Waals surface area contributed by atoms with Crippen LogP contribution in [0.4, 0.5) is 0 Å². The Bertz CT molecular complexity index is 354. The van der Waals surface area contributed by atoms with Gasteiger partial charge < -0.3 is 15.3 Å². The molecule has 3 aliphatic rings. The molecule has 0 unspecified atom stereocenters. The fraction of sp³-hybridized carbons (Fsp3) is 1.00. The Kier molecular flexibility index (Phi) is 2.66. The van der Waals surface area contributed by atoms with Crippen molar-refractivity contribution >= 4 is 0 Å². The molecule has 0 saturated heterocycles. The van der Waals surface area contributed by atoms with E-state index in [-0.39, 0.29) is 35.1 Å². The summed E-state index contributed by atoms with van der Waals surface area (Å²) in [5.41, 5.74) is -0.177. The predicted molar refractivity (Wildman–Crippen MR) is 68.9 cm³/mol. The number of aliphatic hydroxyl groups is 3. The quantitative estimate of drug-likeness (QED) is 0.667. The highest BCUT2D eigenvalue weighted by atomic mass is 16.3. The van der Waals surface area contributed by atoms with Crippen LogP contribution in [-0.4, -0.2) is 34.1 Å². The number of fused-ring (bicyclic) bond motifs is 1. The van der Waals surface area contributed by atoms with E-state index in [9.17, 15) is 15.3 Å². The van der Waals surface area contributed by atoms with Crippen LogP contribution in [0.1, 0.15) is 52.4 Å². The molecule has 3 N–H and O–H groups in total. The van der Waals surface area contributed by atoms with Gasteiger partial charge in [0.05, 0.1) is 18.8 Å². The minimum absolute atomic E-state index is 0.0380. The van der Waals surface area contributed by atoms with Crippen molar-refractivity contribution < 1.29 is 15.3 Å². The Morgan fingerprint density at radius 3 is 2.44 bits per heavy atom. The second-order valence-electron chi connectivity index (χ2n) is 7.78. The lowest BCUT2D eigenvalue weighted by atomic mass is 9.48. The van der Waals surface area contributed by atoms with Crippen LogP contribution in [0, 0.1) is 22.2 Å². The molecule has 0 aliphatic heterocycles. The normalized spacial score (nSPS) is 54.2. The zero-order valence-electron chi connectivity index (χ0n) is 11.5. The van der Waals surface area contributed by atoms with Crippen LogP contribution in [0.5, 0.6) is 0 Å². The van der Waals surface area contributed by atoms with Gasteiger partial charge in [-0.2, -0.15) is 0 Å². The zero-order valence-corrected chi connectivity index (χ0v) is 11.5. The SMILES string of the molecule is CC1(C)C[C@H](O)[C@]23CC[C@@H](O)[C@](CO)(CC[C@@H]12)C3. The molecule has 3 fully saturated rings. The summed E-state index contributed by atoms with van der Waals surface area (Å²) in [7, 11) is 0. The molecule has 0 heterocycles. The van der Waals surface area contributed by atoms with Crippen molar-refractivity contribution in [3.63, 3.8) is 0 Å². The van der Waals surface area contributed by atoms with Gasteiger partial charge in [0.2, 0.25) is 0 Å². The van der Waals surface area contributed by atoms with Crippen LogP contribution in [-0.2, 0) is 0 Å². The molecule has 3 aliphatic carbocycles. The Labute approximate surface area is 109 Å². The van der Waals surface area contributed by atoms with Crippen molar-refractivity contribution in [2.45, 2.75) is 64.6 Å². The third kappa shape index (κ3) is 1.41. The standard InChI is InChI=1S/C15H26O3/c1-13(2)7-12(18)15-6-4-11(17)14(8-15,9-16)5-3-10(13)15/h10-12,16-18H,3-9H2,1-2H3/t10-,11+,12-,14+,15-/m0/s1. The van der Waals surface area contributed by atoms with Crippen molar-refractivity contribution in [2.24, 2.45) is 22.2 Å². The molecule has 0 amide bonds. The van der Waals surface area contributed by atoms with E-state index >= 15 is 0 Å². The number of hydrogen-bond donors (Lipinski definition) is 3. The largest absolute Gasteiger partial charge is 0.396 e. The first kappa shape index (κ1) is 12.9. The van der Waals surface area contributed by atoms with Gasteiger partial charge in [-0.25, -0.2) is 0 Å². The molecule has 5 atom stereocenters. The van der Waals surface area contributed by atoms with E-state index in [0.717, 1.165) is 38.5 Å². The van der Waals surface area contributed by atoms with Crippen molar-refractivity contribution in [3.8, 4) is 0 Å². The highest BCUT2D eigenvalue weighted by Crippen LogP contribution is 2.68. The average Bonchev–Trinajstić information content (AvgIpc) is 2.51. The van der Waals surface area contributed by atoms with Crippen LogP contribution in [0.3, 0.4) is 0 Å². The molecule has 1 spiro atoms. The van der Waals surface area contributed by atoms with Gasteiger partial charge in [-0.15, -0.1) is 0 Å². The van der Waals surface area contributed by atoms with Crippen LogP contribution in [0.25, 0.3) is 0 Å². The summed E-state index contributed by atoms with van der Waals surface area (Å²) in [6, 6.07) is 0. The smallest absolute Gasteiger partial charge is 0.0618 e. The molecule has 0 radical (unpaired) electrons. The first-order valence-electron chi connectivity index (χ1n) is 7.33. The second kappa shape index (κ2) is 3.71. The van der Waals surface area contributed by atoms with Gasteiger partial charge in [-0.05, 0) is 49.9 Å². The second-order valence-corrected chi connectivity index (χ2v) is 7.78. The first-order valence-corrected chi connectivity index (χ1v) is 7.33. The van der Waals surface area contributed by atoms with Crippen LogP contribution in [0.2, 0.25) is 0 Å². The van der Waals surface area contributed by atoms with E-state index in [1.165, 1.54) is 0 Å². The van der Waals surface area contributed by atoms with E-state index in [1.54, 1.807) is 0 Å². The lowest BCUT2D eigenvalue weighted by Gasteiger charge is -2.58. The average molecular weight is 254 g/mol. The first-order chi connectivity index (χ1) is 8.36. The summed E-state index contributed by atoms with van der Waals surface area (Å²) >= 11 is 0. The van der Waals surface area contributed by atoms with E-state index in [0.29, 0.717) is 5.92 Å². The molecule has 3 heteroatoms.